The van der Waals surface area contributed by atoms with Gasteiger partial charge in [-0.25, -0.2) is 8.42 Å². The van der Waals surface area contributed by atoms with Crippen LogP contribution in [0.3, 0.4) is 0 Å². The molecule has 1 atom stereocenters. The molecule has 0 aromatic heterocycles. The third kappa shape index (κ3) is 3.95. The fourth-order valence-electron chi connectivity index (χ4n) is 2.73. The van der Waals surface area contributed by atoms with Crippen LogP contribution < -0.4 is 5.73 Å². The largest absolute Gasteiger partial charge is 0.329 e. The molecule has 0 amide bonds. The summed E-state index contributed by atoms with van der Waals surface area (Å²) in [5, 5.41) is 0.278. The summed E-state index contributed by atoms with van der Waals surface area (Å²) in [5.41, 5.74) is 6.72. The molecule has 1 aliphatic heterocycles. The third-order valence-electron chi connectivity index (χ3n) is 4.05. The van der Waals surface area contributed by atoms with Crippen LogP contribution in [-0.2, 0) is 10.0 Å². The third-order valence-corrected chi connectivity index (χ3v) is 6.49. The smallest absolute Gasteiger partial charge is 0.244 e. The molecule has 1 aliphatic rings. The average Bonchev–Trinajstić information content (AvgIpc) is 2.47. The molecule has 1 aromatic rings. The van der Waals surface area contributed by atoms with Gasteiger partial charge in [0.25, 0.3) is 0 Å². The quantitative estimate of drug-likeness (QED) is 0.887. The lowest BCUT2D eigenvalue weighted by Crippen LogP contribution is -2.47. The summed E-state index contributed by atoms with van der Waals surface area (Å²) in [7, 11) is -3.59. The van der Waals surface area contributed by atoms with Gasteiger partial charge in [0.2, 0.25) is 10.0 Å². The zero-order chi connectivity index (χ0) is 15.6. The highest BCUT2D eigenvalue weighted by atomic mass is 35.5. The Morgan fingerprint density at radius 3 is 2.64 bits per heavy atom. The minimum Gasteiger partial charge on any atom is -0.329 e. The molecule has 1 fully saturated rings. The van der Waals surface area contributed by atoms with Gasteiger partial charge in [-0.3, -0.25) is 0 Å². The van der Waals surface area contributed by atoms with Gasteiger partial charge in [0, 0.05) is 19.1 Å². The van der Waals surface area contributed by atoms with E-state index >= 15 is 0 Å². The molecule has 0 aliphatic carbocycles. The van der Waals surface area contributed by atoms with Crippen molar-refractivity contribution < 1.29 is 8.42 Å². The maximum atomic E-state index is 12.9. The number of benzene rings is 1. The lowest BCUT2D eigenvalue weighted by molar-refractivity contribution is 0.257. The SMILES string of the molecule is CC(C)c1ccc(Cl)c(S(=O)(=O)N2CCCCC2CN)c1.Cl. The highest BCUT2D eigenvalue weighted by molar-refractivity contribution is 7.89. The minimum atomic E-state index is -3.59. The molecule has 0 radical (unpaired) electrons. The van der Waals surface area contributed by atoms with E-state index in [1.807, 2.05) is 19.9 Å². The first-order valence-corrected chi connectivity index (χ1v) is 9.21. The fraction of sp³-hybridized carbons (Fsp3) is 0.600. The molecule has 1 unspecified atom stereocenters. The topological polar surface area (TPSA) is 63.4 Å². The number of nitrogens with zero attached hydrogens (tertiary/aromatic N) is 1. The van der Waals surface area contributed by atoms with Crippen molar-refractivity contribution in [3.8, 4) is 0 Å². The summed E-state index contributed by atoms with van der Waals surface area (Å²) >= 11 is 6.16. The van der Waals surface area contributed by atoms with Crippen LogP contribution in [-0.4, -0.2) is 31.9 Å². The van der Waals surface area contributed by atoms with Crippen molar-refractivity contribution in [2.24, 2.45) is 5.73 Å². The van der Waals surface area contributed by atoms with Gasteiger partial charge >= 0.3 is 0 Å². The number of nitrogens with two attached hydrogens (primary N) is 1. The highest BCUT2D eigenvalue weighted by Crippen LogP contribution is 2.31. The number of halogens is 2. The Bertz CT molecular complexity index is 606. The lowest BCUT2D eigenvalue weighted by Gasteiger charge is -2.34. The van der Waals surface area contributed by atoms with Crippen molar-refractivity contribution in [1.29, 1.82) is 0 Å². The number of hydrogen-bond acceptors (Lipinski definition) is 3. The number of hydrogen-bond donors (Lipinski definition) is 1. The van der Waals surface area contributed by atoms with Crippen LogP contribution in [0.1, 0.15) is 44.6 Å². The molecule has 1 saturated heterocycles. The van der Waals surface area contributed by atoms with E-state index in [-0.39, 0.29) is 34.3 Å². The molecule has 0 saturated carbocycles. The van der Waals surface area contributed by atoms with Crippen LogP contribution in [0.2, 0.25) is 5.02 Å². The molecule has 126 valence electrons. The van der Waals surface area contributed by atoms with E-state index in [1.54, 1.807) is 12.1 Å². The molecule has 2 rings (SSSR count). The normalized spacial score (nSPS) is 20.0. The second-order valence-corrected chi connectivity index (χ2v) is 8.11. The minimum absolute atomic E-state index is 0. The van der Waals surface area contributed by atoms with E-state index in [0.29, 0.717) is 13.1 Å². The van der Waals surface area contributed by atoms with E-state index in [1.165, 1.54) is 4.31 Å². The molecular formula is C15H24Cl2N2O2S. The van der Waals surface area contributed by atoms with Gasteiger partial charge in [-0.1, -0.05) is 37.9 Å². The Morgan fingerprint density at radius 2 is 2.05 bits per heavy atom. The van der Waals surface area contributed by atoms with Gasteiger partial charge in [-0.15, -0.1) is 12.4 Å². The first kappa shape index (κ1) is 19.7. The fourth-order valence-corrected chi connectivity index (χ4v) is 4.94. The van der Waals surface area contributed by atoms with Gasteiger partial charge in [-0.2, -0.15) is 4.31 Å². The van der Waals surface area contributed by atoms with Crippen molar-refractivity contribution in [2.45, 2.75) is 50.0 Å². The van der Waals surface area contributed by atoms with Gasteiger partial charge in [0.05, 0.1) is 5.02 Å². The summed E-state index contributed by atoms with van der Waals surface area (Å²) in [6.07, 6.45) is 2.71. The van der Waals surface area contributed by atoms with Crippen LogP contribution in [0.15, 0.2) is 23.1 Å². The predicted octanol–water partition coefficient (Wildman–Crippen LogP) is 3.39. The Balaban J connectivity index is 0.00000242. The van der Waals surface area contributed by atoms with Gasteiger partial charge in [-0.05, 0) is 36.5 Å². The molecule has 7 heteroatoms. The van der Waals surface area contributed by atoms with Gasteiger partial charge < -0.3 is 5.73 Å². The zero-order valence-electron chi connectivity index (χ0n) is 13.0. The molecule has 0 bridgehead atoms. The maximum Gasteiger partial charge on any atom is 0.244 e. The van der Waals surface area contributed by atoms with Crippen LogP contribution in [0.5, 0.6) is 0 Å². The first-order valence-electron chi connectivity index (χ1n) is 7.39. The Labute approximate surface area is 144 Å². The monoisotopic (exact) mass is 366 g/mol. The summed E-state index contributed by atoms with van der Waals surface area (Å²) < 4.78 is 27.4. The Morgan fingerprint density at radius 1 is 1.36 bits per heavy atom. The van der Waals surface area contributed by atoms with Crippen molar-refractivity contribution in [3.05, 3.63) is 28.8 Å². The molecule has 22 heavy (non-hydrogen) atoms. The number of sulfonamides is 1. The molecule has 2 N–H and O–H groups in total. The summed E-state index contributed by atoms with van der Waals surface area (Å²) in [4.78, 5) is 0.204. The second-order valence-electron chi connectivity index (χ2n) is 5.85. The maximum absolute atomic E-state index is 12.9. The average molecular weight is 367 g/mol. The number of rotatable bonds is 4. The van der Waals surface area contributed by atoms with E-state index in [0.717, 1.165) is 24.8 Å². The van der Waals surface area contributed by atoms with Crippen LogP contribution in [0.25, 0.3) is 0 Å². The van der Waals surface area contributed by atoms with E-state index in [2.05, 4.69) is 0 Å². The van der Waals surface area contributed by atoms with Gasteiger partial charge in [0.15, 0.2) is 0 Å². The van der Waals surface area contributed by atoms with Gasteiger partial charge in [0.1, 0.15) is 4.90 Å². The van der Waals surface area contributed by atoms with E-state index < -0.39 is 10.0 Å². The van der Waals surface area contributed by atoms with Crippen LogP contribution in [0.4, 0.5) is 0 Å². The first-order chi connectivity index (χ1) is 9.87. The Kier molecular flexibility index (Phi) is 7.15. The van der Waals surface area contributed by atoms with Crippen molar-refractivity contribution >= 4 is 34.0 Å². The highest BCUT2D eigenvalue weighted by Gasteiger charge is 2.34. The Hall–Kier alpha value is -0.330. The summed E-state index contributed by atoms with van der Waals surface area (Å²) in [6, 6.07) is 5.13. The van der Waals surface area contributed by atoms with Crippen molar-refractivity contribution in [2.75, 3.05) is 13.1 Å². The summed E-state index contributed by atoms with van der Waals surface area (Å²) in [6.45, 7) is 4.93. The molecule has 4 nitrogen and oxygen atoms in total. The molecule has 1 heterocycles. The molecular weight excluding hydrogens is 343 g/mol. The van der Waals surface area contributed by atoms with Crippen molar-refractivity contribution in [1.82, 2.24) is 4.31 Å². The standard InChI is InChI=1S/C15H23ClN2O2S.ClH/c1-11(2)12-6-7-14(16)15(9-12)21(19,20)18-8-4-3-5-13(18)10-17;/h6-7,9,11,13H,3-5,8,10,17H2,1-2H3;1H. The second kappa shape index (κ2) is 7.97. The lowest BCUT2D eigenvalue weighted by atomic mass is 10.0. The van der Waals surface area contributed by atoms with E-state index in [9.17, 15) is 8.42 Å². The summed E-state index contributed by atoms with van der Waals surface area (Å²) in [5.74, 6) is 0.253. The molecule has 0 spiro atoms. The predicted molar refractivity (Wildman–Crippen MR) is 93.4 cm³/mol. The zero-order valence-corrected chi connectivity index (χ0v) is 15.3. The van der Waals surface area contributed by atoms with E-state index in [4.69, 9.17) is 17.3 Å². The van der Waals surface area contributed by atoms with Crippen LogP contribution in [0, 0.1) is 0 Å². The number of piperidine rings is 1. The van der Waals surface area contributed by atoms with Crippen molar-refractivity contribution in [3.63, 3.8) is 0 Å². The van der Waals surface area contributed by atoms with Crippen LogP contribution >= 0.6 is 24.0 Å². The molecule has 1 aromatic carbocycles.